The average Bonchev–Trinajstić information content (AvgIpc) is 3.36. The minimum Gasteiger partial charge on any atom is -0.492 e. The minimum absolute atomic E-state index is 0.105. The molecule has 2 N–H and O–H groups in total. The van der Waals surface area contributed by atoms with Gasteiger partial charge >= 0.3 is 5.97 Å². The monoisotopic (exact) mass is 407 g/mol. The van der Waals surface area contributed by atoms with Crippen LogP contribution in [0, 0.1) is 5.82 Å². The van der Waals surface area contributed by atoms with Crippen LogP contribution < -0.4 is 20.4 Å². The first-order valence-corrected chi connectivity index (χ1v) is 9.56. The molecule has 4 atom stereocenters. The lowest BCUT2D eigenvalue weighted by Gasteiger charge is -2.38. The number of benzene rings is 1. The van der Waals surface area contributed by atoms with E-state index in [9.17, 15) is 19.1 Å². The number of methoxy groups -OCH3 is 1. The third kappa shape index (κ3) is 3.23. The van der Waals surface area contributed by atoms with Gasteiger partial charge in [-0.05, 0) is 19.9 Å². The molecule has 0 radical (unpaired) electrons. The average molecular weight is 407 g/mol. The second-order valence-electron chi connectivity index (χ2n) is 7.91. The molecule has 1 saturated heterocycles. The molecule has 1 aliphatic carbocycles. The van der Waals surface area contributed by atoms with E-state index in [1.807, 2.05) is 18.7 Å². The van der Waals surface area contributed by atoms with E-state index in [-0.39, 0.29) is 40.8 Å². The molecule has 2 fully saturated rings. The van der Waals surface area contributed by atoms with E-state index in [1.54, 1.807) is 0 Å². The summed E-state index contributed by atoms with van der Waals surface area (Å²) in [5.41, 5.74) is -0.906. The van der Waals surface area contributed by atoms with Crippen LogP contribution in [0.25, 0.3) is 10.9 Å². The van der Waals surface area contributed by atoms with Crippen molar-refractivity contribution in [3.05, 3.63) is 33.9 Å². The van der Waals surface area contributed by atoms with E-state index in [4.69, 9.17) is 4.74 Å². The summed E-state index contributed by atoms with van der Waals surface area (Å²) in [7, 11) is 1.37. The van der Waals surface area contributed by atoms with E-state index in [0.717, 1.165) is 12.3 Å². The molecule has 1 aromatic carbocycles. The number of piperazine rings is 1. The van der Waals surface area contributed by atoms with Gasteiger partial charge in [0.15, 0.2) is 11.6 Å². The first kappa shape index (κ1) is 19.6. The molecule has 1 aromatic heterocycles. The summed E-state index contributed by atoms with van der Waals surface area (Å²) in [4.78, 5) is 26.1. The van der Waals surface area contributed by atoms with Gasteiger partial charge in [-0.25, -0.2) is 13.6 Å². The lowest BCUT2D eigenvalue weighted by Crippen LogP contribution is -2.54. The lowest BCUT2D eigenvalue weighted by atomic mass is 10.1. The Labute approximate surface area is 165 Å². The predicted octanol–water partition coefficient (Wildman–Crippen LogP) is 2.32. The molecule has 29 heavy (non-hydrogen) atoms. The maximum Gasteiger partial charge on any atom is 0.341 e. The number of carboxylic acid groups (broad SMARTS) is 1. The highest BCUT2D eigenvalue weighted by Gasteiger charge is 2.41. The molecule has 156 valence electrons. The Balaban J connectivity index is 2.02. The van der Waals surface area contributed by atoms with Gasteiger partial charge in [0.1, 0.15) is 17.4 Å². The fourth-order valence-corrected chi connectivity index (χ4v) is 4.29. The molecule has 0 spiro atoms. The molecule has 2 aliphatic rings. The smallest absolute Gasteiger partial charge is 0.341 e. The number of hydrogen-bond acceptors (Lipinski definition) is 5. The number of pyridine rings is 1. The molecule has 1 aliphatic heterocycles. The number of carbonyl (C=O) groups is 1. The van der Waals surface area contributed by atoms with Crippen molar-refractivity contribution in [1.29, 1.82) is 0 Å². The molecule has 0 amide bonds. The highest BCUT2D eigenvalue weighted by atomic mass is 19.1. The number of alkyl halides is 1. The Kier molecular flexibility index (Phi) is 4.72. The van der Waals surface area contributed by atoms with Crippen molar-refractivity contribution >= 4 is 22.6 Å². The zero-order valence-electron chi connectivity index (χ0n) is 16.4. The molecule has 4 rings (SSSR count). The van der Waals surface area contributed by atoms with Crippen LogP contribution in [0.15, 0.2) is 17.1 Å². The second kappa shape index (κ2) is 6.98. The normalized spacial score (nSPS) is 26.6. The Bertz CT molecular complexity index is 1040. The van der Waals surface area contributed by atoms with E-state index < -0.39 is 35.0 Å². The molecular formula is C20H23F2N3O4. The first-order valence-electron chi connectivity index (χ1n) is 9.56. The van der Waals surface area contributed by atoms with Gasteiger partial charge in [-0.3, -0.25) is 4.79 Å². The summed E-state index contributed by atoms with van der Waals surface area (Å²) in [6, 6.07) is 0.651. The van der Waals surface area contributed by atoms with Crippen molar-refractivity contribution in [3.8, 4) is 5.75 Å². The minimum atomic E-state index is -1.44. The van der Waals surface area contributed by atoms with Gasteiger partial charge in [0.2, 0.25) is 5.43 Å². The zero-order valence-corrected chi connectivity index (χ0v) is 16.4. The van der Waals surface area contributed by atoms with Crippen LogP contribution in [-0.4, -0.2) is 54.1 Å². The van der Waals surface area contributed by atoms with E-state index in [1.165, 1.54) is 11.7 Å². The number of anilines is 1. The predicted molar refractivity (Wildman–Crippen MR) is 105 cm³/mol. The Morgan fingerprint density at radius 1 is 1.31 bits per heavy atom. The third-order valence-corrected chi connectivity index (χ3v) is 5.54. The van der Waals surface area contributed by atoms with Gasteiger partial charge in [0.05, 0.1) is 24.1 Å². The topological polar surface area (TPSA) is 83.8 Å². The number of fused-ring (bicyclic) bond motifs is 1. The third-order valence-electron chi connectivity index (χ3n) is 5.54. The molecule has 2 heterocycles. The Morgan fingerprint density at radius 2 is 1.93 bits per heavy atom. The standard InChI is InChI=1S/C20H23F2N3O4/c1-9-6-24(7-10(2)23-9)17-14(22)4-11-16(19(17)29-3)25(15-5-13(15)21)8-12(18(11)26)20(27)28/h4,8-10,13,15,23H,5-7H2,1-3H3,(H,27,28)/t9-,10+,13-,15+/m0/s1. The lowest BCUT2D eigenvalue weighted by molar-refractivity contribution is 0.0694. The van der Waals surface area contributed by atoms with Crippen LogP contribution >= 0.6 is 0 Å². The van der Waals surface area contributed by atoms with E-state index in [0.29, 0.717) is 13.1 Å². The number of rotatable bonds is 4. The second-order valence-corrected chi connectivity index (χ2v) is 7.91. The molecule has 0 unspecified atom stereocenters. The maximum atomic E-state index is 15.2. The number of aromatic carboxylic acids is 1. The first-order chi connectivity index (χ1) is 13.7. The van der Waals surface area contributed by atoms with Crippen molar-refractivity contribution in [1.82, 2.24) is 9.88 Å². The summed E-state index contributed by atoms with van der Waals surface area (Å²) in [5, 5.41) is 12.6. The van der Waals surface area contributed by atoms with Gasteiger partial charge in [0, 0.05) is 37.8 Å². The van der Waals surface area contributed by atoms with Gasteiger partial charge in [-0.15, -0.1) is 0 Å². The largest absolute Gasteiger partial charge is 0.492 e. The number of hydrogen-bond donors (Lipinski definition) is 2. The number of nitrogens with one attached hydrogen (secondary N) is 1. The molecular weight excluding hydrogens is 384 g/mol. The van der Waals surface area contributed by atoms with Crippen LogP contribution in [0.5, 0.6) is 5.75 Å². The SMILES string of the molecule is COc1c(N2C[C@@H](C)N[C@@H](C)C2)c(F)cc2c(=O)c(C(=O)O)cn([C@@H]3C[C@@H]3F)c12. The highest BCUT2D eigenvalue weighted by Crippen LogP contribution is 2.45. The van der Waals surface area contributed by atoms with Crippen LogP contribution in [0.4, 0.5) is 14.5 Å². The van der Waals surface area contributed by atoms with Crippen molar-refractivity contribution in [2.24, 2.45) is 0 Å². The van der Waals surface area contributed by atoms with E-state index in [2.05, 4.69) is 5.32 Å². The summed E-state index contributed by atoms with van der Waals surface area (Å²) >= 11 is 0. The Morgan fingerprint density at radius 3 is 2.45 bits per heavy atom. The zero-order chi connectivity index (χ0) is 21.0. The summed E-state index contributed by atoms with van der Waals surface area (Å²) in [6.45, 7) is 5.02. The van der Waals surface area contributed by atoms with E-state index >= 15 is 4.39 Å². The maximum absolute atomic E-state index is 15.2. The fourth-order valence-electron chi connectivity index (χ4n) is 4.29. The van der Waals surface area contributed by atoms with Crippen LogP contribution in [0.2, 0.25) is 0 Å². The van der Waals surface area contributed by atoms with Crippen molar-refractivity contribution in [2.45, 2.75) is 44.6 Å². The molecule has 7 nitrogen and oxygen atoms in total. The summed E-state index contributed by atoms with van der Waals surface area (Å²) < 4.78 is 36.1. The van der Waals surface area contributed by atoms with Gasteiger partial charge < -0.3 is 24.6 Å². The number of carboxylic acids is 1. The number of halogens is 2. The number of aromatic nitrogens is 1. The van der Waals surface area contributed by atoms with Crippen LogP contribution in [0.1, 0.15) is 36.7 Å². The fraction of sp³-hybridized carbons (Fsp3) is 0.500. The number of nitrogens with zero attached hydrogens (tertiary/aromatic N) is 2. The van der Waals surface area contributed by atoms with Crippen LogP contribution in [-0.2, 0) is 0 Å². The highest BCUT2D eigenvalue weighted by molar-refractivity contribution is 5.97. The molecule has 9 heteroatoms. The van der Waals surface area contributed by atoms with Crippen molar-refractivity contribution in [3.63, 3.8) is 0 Å². The summed E-state index contributed by atoms with van der Waals surface area (Å²) in [6.07, 6.45) is 0.193. The Hall–Kier alpha value is -2.68. The molecule has 2 aromatic rings. The van der Waals surface area contributed by atoms with Gasteiger partial charge in [-0.1, -0.05) is 0 Å². The molecule has 0 bridgehead atoms. The van der Waals surface area contributed by atoms with Crippen molar-refractivity contribution < 1.29 is 23.4 Å². The van der Waals surface area contributed by atoms with Gasteiger partial charge in [-0.2, -0.15) is 0 Å². The van der Waals surface area contributed by atoms with Crippen LogP contribution in [0.3, 0.4) is 0 Å². The van der Waals surface area contributed by atoms with Crippen molar-refractivity contribution in [2.75, 3.05) is 25.1 Å². The summed E-state index contributed by atoms with van der Waals surface area (Å²) in [5.74, 6) is -1.99. The number of ether oxygens (including phenoxy) is 1. The van der Waals surface area contributed by atoms with Gasteiger partial charge in [0.25, 0.3) is 0 Å². The molecule has 1 saturated carbocycles. The quantitative estimate of drug-likeness (QED) is 0.809.